The molecule has 1 rings (SSSR count). The minimum atomic E-state index is -6.41. The maximum atomic E-state index is 12.8. The van der Waals surface area contributed by atoms with E-state index in [0.717, 1.165) is 0 Å². The van der Waals surface area contributed by atoms with Crippen LogP contribution in [0.15, 0.2) is 21.7 Å². The Morgan fingerprint density at radius 1 is 1.10 bits per heavy atom. The number of hydrogen-bond acceptors (Lipinski definition) is 4. The van der Waals surface area contributed by atoms with Crippen molar-refractivity contribution in [3.63, 3.8) is 0 Å². The van der Waals surface area contributed by atoms with Gasteiger partial charge in [0, 0.05) is 20.2 Å². The highest BCUT2D eigenvalue weighted by Crippen LogP contribution is 2.44. The second-order valence-corrected chi connectivity index (χ2v) is 4.09. The third-order valence-electron chi connectivity index (χ3n) is 2.20. The lowest BCUT2D eigenvalue weighted by atomic mass is 10.3. The zero-order valence-corrected chi connectivity index (χ0v) is 10.7. The van der Waals surface area contributed by atoms with Gasteiger partial charge >= 0.3 is 18.1 Å². The number of rotatable bonds is 5. The third kappa shape index (κ3) is 3.58. The Kier molecular flexibility index (Phi) is 4.44. The summed E-state index contributed by atoms with van der Waals surface area (Å²) in [4.78, 5) is 1.51. The maximum Gasteiger partial charge on any atom is 0.462 e. The third-order valence-corrected chi connectivity index (χ3v) is 2.20. The second-order valence-electron chi connectivity index (χ2n) is 4.09. The number of furan rings is 1. The van der Waals surface area contributed by atoms with E-state index in [1.54, 1.807) is 14.1 Å². The van der Waals surface area contributed by atoms with Gasteiger partial charge in [-0.15, -0.1) is 0 Å². The highest BCUT2D eigenvalue weighted by Gasteiger charge is 2.73. The van der Waals surface area contributed by atoms with Crippen LogP contribution in [0.25, 0.3) is 0 Å². The molecule has 0 radical (unpaired) electrons. The molecule has 120 valence electrons. The molecule has 0 aliphatic carbocycles. The number of halogens is 7. The minimum absolute atomic E-state index is 0.114. The quantitative estimate of drug-likeness (QED) is 0.392. The van der Waals surface area contributed by atoms with Gasteiger partial charge in [-0.3, -0.25) is 0 Å². The molecule has 0 unspecified atom stereocenters. The molecular formula is C10H10F7N3O. The number of anilines is 1. The molecule has 0 aliphatic heterocycles. The van der Waals surface area contributed by atoms with E-state index in [9.17, 15) is 30.7 Å². The van der Waals surface area contributed by atoms with Crippen LogP contribution >= 0.6 is 0 Å². The van der Waals surface area contributed by atoms with E-state index in [-0.39, 0.29) is 5.76 Å². The van der Waals surface area contributed by atoms with Gasteiger partial charge in [0.05, 0.1) is 6.21 Å². The average Bonchev–Trinajstić information content (AvgIpc) is 2.75. The predicted octanol–water partition coefficient (Wildman–Crippen LogP) is 3.06. The maximum absolute atomic E-state index is 12.8. The number of hydrazone groups is 1. The van der Waals surface area contributed by atoms with Gasteiger partial charge in [0.15, 0.2) is 5.88 Å². The summed E-state index contributed by atoms with van der Waals surface area (Å²) in [5, 5.41) is 2.65. The fourth-order valence-corrected chi connectivity index (χ4v) is 1.08. The van der Waals surface area contributed by atoms with Crippen molar-refractivity contribution < 1.29 is 35.2 Å². The van der Waals surface area contributed by atoms with Crippen molar-refractivity contribution in [1.82, 2.24) is 5.43 Å². The monoisotopic (exact) mass is 321 g/mol. The molecule has 0 spiro atoms. The van der Waals surface area contributed by atoms with Crippen molar-refractivity contribution in [3.8, 4) is 0 Å². The summed E-state index contributed by atoms with van der Waals surface area (Å²) in [5.74, 6) is -6.07. The zero-order chi connectivity index (χ0) is 16.5. The van der Waals surface area contributed by atoms with Gasteiger partial charge in [-0.05, 0) is 6.07 Å². The lowest BCUT2D eigenvalue weighted by molar-refractivity contribution is -0.361. The summed E-state index contributed by atoms with van der Waals surface area (Å²) >= 11 is 0. The molecule has 0 saturated heterocycles. The normalized spacial score (nSPS) is 13.8. The van der Waals surface area contributed by atoms with Crippen LogP contribution in [0, 0.1) is 0 Å². The van der Waals surface area contributed by atoms with Crippen molar-refractivity contribution in [2.24, 2.45) is 5.10 Å². The summed E-state index contributed by atoms with van der Waals surface area (Å²) in [6.45, 7) is 0. The van der Waals surface area contributed by atoms with Crippen LogP contribution in [0.4, 0.5) is 36.6 Å². The van der Waals surface area contributed by atoms with E-state index in [0.29, 0.717) is 17.5 Å². The van der Waals surface area contributed by atoms with Crippen LogP contribution in [-0.2, 0) is 0 Å². The Labute approximate surface area is 114 Å². The molecule has 0 aliphatic rings. The van der Waals surface area contributed by atoms with Crippen LogP contribution in [0.5, 0.6) is 0 Å². The first kappa shape index (κ1) is 17.1. The smallest absolute Gasteiger partial charge is 0.440 e. The summed E-state index contributed by atoms with van der Waals surface area (Å²) < 4.78 is 91.1. The van der Waals surface area contributed by atoms with Gasteiger partial charge in [0.2, 0.25) is 0 Å². The van der Waals surface area contributed by atoms with Gasteiger partial charge in [-0.1, -0.05) is 0 Å². The molecule has 1 heterocycles. The van der Waals surface area contributed by atoms with E-state index >= 15 is 0 Å². The molecule has 1 N–H and O–H groups in total. The molecule has 0 saturated carbocycles. The van der Waals surface area contributed by atoms with Crippen molar-refractivity contribution in [1.29, 1.82) is 0 Å². The lowest BCUT2D eigenvalue weighted by Crippen LogP contribution is -2.58. The fourth-order valence-electron chi connectivity index (χ4n) is 1.08. The number of nitrogens with one attached hydrogen (secondary N) is 1. The van der Waals surface area contributed by atoms with Gasteiger partial charge < -0.3 is 9.32 Å². The van der Waals surface area contributed by atoms with Crippen LogP contribution < -0.4 is 10.3 Å². The molecule has 0 aromatic carbocycles. The largest absolute Gasteiger partial charge is 0.462 e. The average molecular weight is 321 g/mol. The molecule has 0 atom stereocenters. The first-order valence-corrected chi connectivity index (χ1v) is 5.28. The van der Waals surface area contributed by atoms with E-state index in [2.05, 4.69) is 5.10 Å². The van der Waals surface area contributed by atoms with Crippen LogP contribution in [-0.4, -0.2) is 38.5 Å². The zero-order valence-electron chi connectivity index (χ0n) is 10.7. The fraction of sp³-hybridized carbons (Fsp3) is 0.500. The molecular weight excluding hydrogens is 311 g/mol. The van der Waals surface area contributed by atoms with Gasteiger partial charge in [0.25, 0.3) is 0 Å². The van der Waals surface area contributed by atoms with E-state index in [1.165, 1.54) is 17.0 Å². The van der Waals surface area contributed by atoms with Gasteiger partial charge in [0.1, 0.15) is 5.76 Å². The van der Waals surface area contributed by atoms with E-state index in [1.807, 2.05) is 0 Å². The highest BCUT2D eigenvalue weighted by molar-refractivity contribution is 5.76. The predicted molar refractivity (Wildman–Crippen MR) is 59.7 cm³/mol. The van der Waals surface area contributed by atoms with Gasteiger partial charge in [-0.25, -0.2) is 5.43 Å². The van der Waals surface area contributed by atoms with E-state index < -0.39 is 18.1 Å². The Morgan fingerprint density at radius 2 is 1.67 bits per heavy atom. The summed E-state index contributed by atoms with van der Waals surface area (Å²) in [7, 11) is 3.21. The standard InChI is InChI=1S/C10H10F7N3O/c1-20(2)7-4-3-6(21-7)5-18-19-10(16,17)8(11,12)9(13,14)15/h3-5,19H,1-2H3/b18-5+. The second kappa shape index (κ2) is 5.45. The summed E-state index contributed by atoms with van der Waals surface area (Å²) in [6.07, 6.45) is -5.87. The molecule has 21 heavy (non-hydrogen) atoms. The molecule has 4 nitrogen and oxygen atoms in total. The number of nitrogens with zero attached hydrogens (tertiary/aromatic N) is 2. The molecule has 11 heteroatoms. The summed E-state index contributed by atoms with van der Waals surface area (Å²) in [5.41, 5.74) is 0.485. The van der Waals surface area contributed by atoms with Gasteiger partial charge in [-0.2, -0.15) is 35.8 Å². The van der Waals surface area contributed by atoms with Crippen LogP contribution in [0.3, 0.4) is 0 Å². The van der Waals surface area contributed by atoms with Crippen molar-refractivity contribution in [3.05, 3.63) is 17.9 Å². The Balaban J connectivity index is 2.79. The molecule has 1 aromatic heterocycles. The van der Waals surface area contributed by atoms with Crippen molar-refractivity contribution in [2.75, 3.05) is 19.0 Å². The SMILES string of the molecule is CN(C)c1ccc(/C=N/NC(F)(F)C(F)(F)C(F)(F)F)o1. The first-order valence-electron chi connectivity index (χ1n) is 5.28. The number of hydrogen-bond donors (Lipinski definition) is 1. The minimum Gasteiger partial charge on any atom is -0.440 e. The molecule has 0 amide bonds. The topological polar surface area (TPSA) is 40.8 Å². The Bertz CT molecular complexity index is 507. The Morgan fingerprint density at radius 3 is 2.10 bits per heavy atom. The highest BCUT2D eigenvalue weighted by atomic mass is 19.4. The summed E-state index contributed by atoms with van der Waals surface area (Å²) in [6, 6.07) is -2.91. The molecule has 0 fully saturated rings. The Hall–Kier alpha value is -1.94. The first-order chi connectivity index (χ1) is 9.38. The van der Waals surface area contributed by atoms with E-state index in [4.69, 9.17) is 4.42 Å². The van der Waals surface area contributed by atoms with Crippen molar-refractivity contribution >= 4 is 12.1 Å². The number of alkyl halides is 7. The van der Waals surface area contributed by atoms with Crippen LogP contribution in [0.2, 0.25) is 0 Å². The lowest BCUT2D eigenvalue weighted by Gasteiger charge is -2.27. The molecule has 0 bridgehead atoms. The van der Waals surface area contributed by atoms with Crippen LogP contribution in [0.1, 0.15) is 5.76 Å². The molecule has 1 aromatic rings. The van der Waals surface area contributed by atoms with Crippen molar-refractivity contribution in [2.45, 2.75) is 18.1 Å².